The van der Waals surface area contributed by atoms with Gasteiger partial charge in [0.25, 0.3) is 0 Å². The van der Waals surface area contributed by atoms with Gasteiger partial charge in [-0.3, -0.25) is 4.99 Å². The molecular formula is C22H31N7O. The molecule has 1 fully saturated rings. The first kappa shape index (κ1) is 21.6. The lowest BCUT2D eigenvalue weighted by molar-refractivity contribution is 0.372. The van der Waals surface area contributed by atoms with Crippen LogP contribution in [-0.2, 0) is 6.42 Å². The second-order valence-corrected chi connectivity index (χ2v) is 7.77. The van der Waals surface area contributed by atoms with Gasteiger partial charge >= 0.3 is 0 Å². The van der Waals surface area contributed by atoms with Crippen LogP contribution in [0.5, 0.6) is 0 Å². The predicted octanol–water partition coefficient (Wildman–Crippen LogP) is 2.83. The molecule has 0 amide bonds. The van der Waals surface area contributed by atoms with E-state index in [2.05, 4.69) is 43.7 Å². The van der Waals surface area contributed by atoms with Gasteiger partial charge in [0.05, 0.1) is 17.8 Å². The molecule has 1 unspecified atom stereocenters. The van der Waals surface area contributed by atoms with Crippen LogP contribution in [0.1, 0.15) is 56.8 Å². The number of nitrogens with zero attached hydrogens (tertiary/aromatic N) is 5. The van der Waals surface area contributed by atoms with E-state index < -0.39 is 0 Å². The number of guanidine groups is 1. The topological polar surface area (TPSA) is 102 Å². The van der Waals surface area contributed by atoms with Crippen LogP contribution in [0, 0.1) is 11.3 Å². The fraction of sp³-hybridized carbons (Fsp3) is 0.545. The minimum absolute atomic E-state index is 0.255. The molecule has 0 bridgehead atoms. The first-order chi connectivity index (χ1) is 14.6. The molecule has 30 heavy (non-hydrogen) atoms. The molecule has 2 N–H and O–H groups in total. The number of aromatic nitrogens is 2. The van der Waals surface area contributed by atoms with E-state index in [9.17, 15) is 5.26 Å². The summed E-state index contributed by atoms with van der Waals surface area (Å²) in [6.45, 7) is 9.30. The second kappa shape index (κ2) is 10.6. The molecular weight excluding hydrogens is 378 g/mol. The van der Waals surface area contributed by atoms with E-state index in [1.807, 2.05) is 38.1 Å². The Morgan fingerprint density at radius 2 is 2.23 bits per heavy atom. The van der Waals surface area contributed by atoms with Crippen molar-refractivity contribution in [3.63, 3.8) is 0 Å². The van der Waals surface area contributed by atoms with E-state index in [0.717, 1.165) is 55.5 Å². The summed E-state index contributed by atoms with van der Waals surface area (Å²) in [4.78, 5) is 11.4. The SMILES string of the molecule is CCNC(=NCCc1nc(C(C)C)no1)NC1CCCN(c2ccccc2C#N)C1. The summed E-state index contributed by atoms with van der Waals surface area (Å²) in [6.07, 6.45) is 2.75. The molecule has 8 heteroatoms. The Balaban J connectivity index is 1.59. The summed E-state index contributed by atoms with van der Waals surface area (Å²) in [7, 11) is 0. The molecule has 1 aromatic carbocycles. The smallest absolute Gasteiger partial charge is 0.228 e. The van der Waals surface area contributed by atoms with Crippen LogP contribution in [0.2, 0.25) is 0 Å². The Morgan fingerprint density at radius 1 is 1.40 bits per heavy atom. The summed E-state index contributed by atoms with van der Waals surface area (Å²) in [6, 6.07) is 10.4. The van der Waals surface area contributed by atoms with Crippen LogP contribution >= 0.6 is 0 Å². The van der Waals surface area contributed by atoms with Crippen LogP contribution < -0.4 is 15.5 Å². The molecule has 1 aliphatic heterocycles. The van der Waals surface area contributed by atoms with Crippen LogP contribution in [0.4, 0.5) is 5.69 Å². The van der Waals surface area contributed by atoms with Crippen LogP contribution in [-0.4, -0.2) is 48.3 Å². The fourth-order valence-electron chi connectivity index (χ4n) is 3.54. The molecule has 2 heterocycles. The van der Waals surface area contributed by atoms with Crippen molar-refractivity contribution in [2.24, 2.45) is 4.99 Å². The van der Waals surface area contributed by atoms with E-state index in [1.165, 1.54) is 0 Å². The monoisotopic (exact) mass is 409 g/mol. The second-order valence-electron chi connectivity index (χ2n) is 7.77. The third kappa shape index (κ3) is 5.72. The third-order valence-electron chi connectivity index (χ3n) is 5.07. The molecule has 3 rings (SSSR count). The molecule has 1 aromatic heterocycles. The van der Waals surface area contributed by atoms with Crippen molar-refractivity contribution in [2.75, 3.05) is 31.1 Å². The quantitative estimate of drug-likeness (QED) is 0.535. The standard InChI is InChI=1S/C22H31N7O/c1-4-24-22(25-12-11-20-27-21(16(2)3)28-30-20)26-18-9-7-13-29(15-18)19-10-6-5-8-17(19)14-23/h5-6,8,10,16,18H,4,7,9,11-13,15H2,1-3H3,(H2,24,25,26). The van der Waals surface area contributed by atoms with E-state index in [0.29, 0.717) is 18.9 Å². The van der Waals surface area contributed by atoms with Gasteiger partial charge in [0, 0.05) is 38.0 Å². The molecule has 0 radical (unpaired) electrons. The fourth-order valence-corrected chi connectivity index (χ4v) is 3.54. The Labute approximate surface area is 178 Å². The van der Waals surface area contributed by atoms with Gasteiger partial charge in [0.15, 0.2) is 11.8 Å². The minimum Gasteiger partial charge on any atom is -0.368 e. The van der Waals surface area contributed by atoms with Crippen molar-refractivity contribution in [3.05, 3.63) is 41.5 Å². The molecule has 1 saturated heterocycles. The Hall–Kier alpha value is -3.08. The molecule has 0 saturated carbocycles. The highest BCUT2D eigenvalue weighted by molar-refractivity contribution is 5.80. The van der Waals surface area contributed by atoms with Crippen molar-refractivity contribution in [1.29, 1.82) is 5.26 Å². The minimum atomic E-state index is 0.255. The Bertz CT molecular complexity index is 884. The number of hydrogen-bond acceptors (Lipinski definition) is 6. The highest BCUT2D eigenvalue weighted by atomic mass is 16.5. The van der Waals surface area contributed by atoms with E-state index in [-0.39, 0.29) is 12.0 Å². The molecule has 0 aliphatic carbocycles. The maximum atomic E-state index is 9.41. The number of nitrogens with one attached hydrogen (secondary N) is 2. The average molecular weight is 410 g/mol. The number of anilines is 1. The van der Waals surface area contributed by atoms with Gasteiger partial charge in [-0.15, -0.1) is 0 Å². The van der Waals surface area contributed by atoms with Gasteiger partial charge in [0.2, 0.25) is 5.89 Å². The summed E-state index contributed by atoms with van der Waals surface area (Å²) in [5, 5.41) is 20.3. The number of rotatable bonds is 7. The lowest BCUT2D eigenvalue weighted by Crippen LogP contribution is -2.51. The maximum Gasteiger partial charge on any atom is 0.228 e. The Morgan fingerprint density at radius 3 is 2.97 bits per heavy atom. The molecule has 1 atom stereocenters. The first-order valence-corrected chi connectivity index (χ1v) is 10.7. The van der Waals surface area contributed by atoms with Crippen molar-refractivity contribution in [1.82, 2.24) is 20.8 Å². The summed E-state index contributed by atoms with van der Waals surface area (Å²) >= 11 is 0. The zero-order valence-electron chi connectivity index (χ0n) is 18.1. The highest BCUT2D eigenvalue weighted by Gasteiger charge is 2.22. The van der Waals surface area contributed by atoms with E-state index >= 15 is 0 Å². The van der Waals surface area contributed by atoms with Crippen LogP contribution in [0.25, 0.3) is 0 Å². The zero-order chi connectivity index (χ0) is 21.3. The largest absolute Gasteiger partial charge is 0.368 e. The van der Waals surface area contributed by atoms with Gasteiger partial charge in [-0.05, 0) is 31.9 Å². The molecule has 8 nitrogen and oxygen atoms in total. The molecule has 1 aliphatic rings. The average Bonchev–Trinajstić information content (AvgIpc) is 3.23. The van der Waals surface area contributed by atoms with Crippen molar-refractivity contribution in [3.8, 4) is 6.07 Å². The number of nitriles is 1. The van der Waals surface area contributed by atoms with E-state index in [4.69, 9.17) is 4.52 Å². The number of aliphatic imine (C=N–C) groups is 1. The van der Waals surface area contributed by atoms with Crippen molar-refractivity contribution in [2.45, 2.75) is 52.0 Å². The molecule has 2 aromatic rings. The third-order valence-corrected chi connectivity index (χ3v) is 5.07. The number of para-hydroxylation sites is 1. The summed E-state index contributed by atoms with van der Waals surface area (Å²) in [5.74, 6) is 2.40. The van der Waals surface area contributed by atoms with Gasteiger partial charge in [0.1, 0.15) is 6.07 Å². The van der Waals surface area contributed by atoms with Crippen molar-refractivity contribution < 1.29 is 4.52 Å². The molecule has 0 spiro atoms. The normalized spacial score (nSPS) is 17.1. The number of piperidine rings is 1. The Kier molecular flexibility index (Phi) is 7.66. The van der Waals surface area contributed by atoms with Gasteiger partial charge < -0.3 is 20.1 Å². The predicted molar refractivity (Wildman–Crippen MR) is 118 cm³/mol. The zero-order valence-corrected chi connectivity index (χ0v) is 18.1. The number of benzene rings is 1. The highest BCUT2D eigenvalue weighted by Crippen LogP contribution is 2.23. The van der Waals surface area contributed by atoms with Gasteiger partial charge in [-0.1, -0.05) is 31.1 Å². The van der Waals surface area contributed by atoms with E-state index in [1.54, 1.807) is 0 Å². The van der Waals surface area contributed by atoms with Gasteiger partial charge in [-0.2, -0.15) is 10.2 Å². The maximum absolute atomic E-state index is 9.41. The summed E-state index contributed by atoms with van der Waals surface area (Å²) in [5.41, 5.74) is 1.73. The van der Waals surface area contributed by atoms with Crippen molar-refractivity contribution >= 4 is 11.6 Å². The lowest BCUT2D eigenvalue weighted by Gasteiger charge is -2.35. The number of hydrogen-bond donors (Lipinski definition) is 2. The summed E-state index contributed by atoms with van der Waals surface area (Å²) < 4.78 is 5.30. The van der Waals surface area contributed by atoms with Crippen LogP contribution in [0.15, 0.2) is 33.8 Å². The first-order valence-electron chi connectivity index (χ1n) is 10.7. The van der Waals surface area contributed by atoms with Gasteiger partial charge in [-0.25, -0.2) is 0 Å². The van der Waals surface area contributed by atoms with Crippen LogP contribution in [0.3, 0.4) is 0 Å². The lowest BCUT2D eigenvalue weighted by atomic mass is 10.0. The molecule has 160 valence electrons.